The maximum absolute atomic E-state index is 13.2. The van der Waals surface area contributed by atoms with Crippen molar-refractivity contribution in [1.29, 1.82) is 0 Å². The first kappa shape index (κ1) is 15.0. The summed E-state index contributed by atoms with van der Waals surface area (Å²) in [6.07, 6.45) is 1.46. The fourth-order valence-corrected chi connectivity index (χ4v) is 2.13. The summed E-state index contributed by atoms with van der Waals surface area (Å²) in [4.78, 5) is 12.1. The van der Waals surface area contributed by atoms with Gasteiger partial charge in [-0.2, -0.15) is 0 Å². The van der Waals surface area contributed by atoms with Crippen molar-refractivity contribution in [1.82, 2.24) is 5.32 Å². The van der Waals surface area contributed by atoms with E-state index in [2.05, 4.69) is 5.32 Å². The first-order valence-corrected chi connectivity index (χ1v) is 6.60. The van der Waals surface area contributed by atoms with Gasteiger partial charge in [0, 0.05) is 17.0 Å². The van der Waals surface area contributed by atoms with Crippen LogP contribution in [0.5, 0.6) is 0 Å². The highest BCUT2D eigenvalue weighted by Crippen LogP contribution is 2.18. The maximum atomic E-state index is 13.2. The van der Waals surface area contributed by atoms with Crippen LogP contribution in [0.3, 0.4) is 0 Å². The van der Waals surface area contributed by atoms with Crippen LogP contribution in [0, 0.1) is 12.7 Å². The van der Waals surface area contributed by atoms with E-state index in [9.17, 15) is 9.18 Å². The monoisotopic (exact) mass is 271 g/mol. The normalized spacial score (nSPS) is 14.1. The summed E-state index contributed by atoms with van der Waals surface area (Å²) in [5.74, 6) is -0.171. The Labute approximate surface area is 113 Å². The molecule has 0 saturated carbocycles. The molecule has 0 saturated heterocycles. The van der Waals surface area contributed by atoms with Gasteiger partial charge in [0.1, 0.15) is 5.82 Å². The van der Waals surface area contributed by atoms with Crippen LogP contribution in [-0.2, 0) is 0 Å². The van der Waals surface area contributed by atoms with Crippen molar-refractivity contribution in [2.45, 2.75) is 39.2 Å². The highest BCUT2D eigenvalue weighted by Gasteiger charge is 2.24. The molecule has 0 bridgehead atoms. The molecule has 1 rings (SSSR count). The second-order valence-electron chi connectivity index (χ2n) is 4.77. The molecule has 1 atom stereocenters. The van der Waals surface area contributed by atoms with E-state index in [1.54, 1.807) is 13.0 Å². The van der Waals surface area contributed by atoms with Crippen LogP contribution in [0.4, 0.5) is 4.39 Å². The van der Waals surface area contributed by atoms with Crippen LogP contribution in [0.15, 0.2) is 18.2 Å². The Balaban J connectivity index is 2.90. The van der Waals surface area contributed by atoms with Gasteiger partial charge in [-0.25, -0.2) is 4.39 Å². The molecule has 0 fully saturated rings. The van der Waals surface area contributed by atoms with Gasteiger partial charge in [-0.05, 0) is 44.4 Å². The SMILES string of the molecule is CCC(C)(CCCl)NC(=O)c1cc(F)ccc1C. The number of amides is 1. The third-order valence-electron chi connectivity index (χ3n) is 3.29. The van der Waals surface area contributed by atoms with E-state index < -0.39 is 5.82 Å². The molecule has 0 radical (unpaired) electrons. The van der Waals surface area contributed by atoms with E-state index in [4.69, 9.17) is 11.6 Å². The predicted molar refractivity (Wildman–Crippen MR) is 72.6 cm³/mol. The third kappa shape index (κ3) is 3.70. The topological polar surface area (TPSA) is 29.1 Å². The molecule has 0 aliphatic carbocycles. The Morgan fingerprint density at radius 1 is 1.50 bits per heavy atom. The van der Waals surface area contributed by atoms with Crippen LogP contribution >= 0.6 is 11.6 Å². The number of hydrogen-bond donors (Lipinski definition) is 1. The van der Waals surface area contributed by atoms with Crippen molar-refractivity contribution >= 4 is 17.5 Å². The van der Waals surface area contributed by atoms with E-state index in [0.717, 1.165) is 12.0 Å². The molecule has 18 heavy (non-hydrogen) atoms. The summed E-state index contributed by atoms with van der Waals surface area (Å²) in [6.45, 7) is 5.73. The average Bonchev–Trinajstić information content (AvgIpc) is 2.32. The lowest BCUT2D eigenvalue weighted by Crippen LogP contribution is -2.46. The fourth-order valence-electron chi connectivity index (χ4n) is 1.72. The van der Waals surface area contributed by atoms with Gasteiger partial charge in [0.25, 0.3) is 5.91 Å². The van der Waals surface area contributed by atoms with Crippen molar-refractivity contribution in [3.63, 3.8) is 0 Å². The lowest BCUT2D eigenvalue weighted by molar-refractivity contribution is 0.0900. The van der Waals surface area contributed by atoms with E-state index in [1.165, 1.54) is 12.1 Å². The number of alkyl halides is 1. The van der Waals surface area contributed by atoms with Gasteiger partial charge in [-0.3, -0.25) is 4.79 Å². The molecular formula is C14H19ClFNO. The van der Waals surface area contributed by atoms with Crippen molar-refractivity contribution in [3.05, 3.63) is 35.1 Å². The Bertz CT molecular complexity index is 436. The number of hydrogen-bond acceptors (Lipinski definition) is 1. The molecule has 100 valence electrons. The Kier molecular flexibility index (Phi) is 5.15. The van der Waals surface area contributed by atoms with Crippen molar-refractivity contribution in [3.8, 4) is 0 Å². The molecule has 0 spiro atoms. The standard InChI is InChI=1S/C14H19ClFNO/c1-4-14(3,7-8-15)17-13(18)12-9-11(16)6-5-10(12)2/h5-6,9H,4,7-8H2,1-3H3,(H,17,18). The summed E-state index contributed by atoms with van der Waals surface area (Å²) in [5.41, 5.74) is 0.792. The third-order valence-corrected chi connectivity index (χ3v) is 3.48. The van der Waals surface area contributed by atoms with E-state index >= 15 is 0 Å². The van der Waals surface area contributed by atoms with Gasteiger partial charge < -0.3 is 5.32 Å². The molecule has 0 aliphatic rings. The molecule has 0 aliphatic heterocycles. The van der Waals surface area contributed by atoms with E-state index in [-0.39, 0.29) is 11.4 Å². The molecule has 4 heteroatoms. The number of nitrogens with one attached hydrogen (secondary N) is 1. The van der Waals surface area contributed by atoms with E-state index in [1.807, 2.05) is 13.8 Å². The Hall–Kier alpha value is -1.09. The second-order valence-corrected chi connectivity index (χ2v) is 5.14. The molecule has 1 aromatic carbocycles. The van der Waals surface area contributed by atoms with Crippen LogP contribution < -0.4 is 5.32 Å². The van der Waals surface area contributed by atoms with Gasteiger partial charge in [-0.1, -0.05) is 13.0 Å². The summed E-state index contributed by atoms with van der Waals surface area (Å²) < 4.78 is 13.2. The minimum atomic E-state index is -0.402. The largest absolute Gasteiger partial charge is 0.347 e. The minimum Gasteiger partial charge on any atom is -0.347 e. The van der Waals surface area contributed by atoms with Crippen LogP contribution in [0.1, 0.15) is 42.6 Å². The van der Waals surface area contributed by atoms with Gasteiger partial charge in [0.2, 0.25) is 0 Å². The van der Waals surface area contributed by atoms with Crippen molar-refractivity contribution < 1.29 is 9.18 Å². The number of rotatable bonds is 5. The summed E-state index contributed by atoms with van der Waals surface area (Å²) in [5, 5.41) is 2.94. The first-order chi connectivity index (χ1) is 8.41. The average molecular weight is 272 g/mol. The smallest absolute Gasteiger partial charge is 0.252 e. The van der Waals surface area contributed by atoms with Gasteiger partial charge in [-0.15, -0.1) is 11.6 Å². The minimum absolute atomic E-state index is 0.249. The number of benzene rings is 1. The van der Waals surface area contributed by atoms with Gasteiger partial charge in [0.05, 0.1) is 0 Å². The highest BCUT2D eigenvalue weighted by molar-refractivity contribution is 6.17. The maximum Gasteiger partial charge on any atom is 0.252 e. The molecule has 1 N–H and O–H groups in total. The van der Waals surface area contributed by atoms with E-state index in [0.29, 0.717) is 17.9 Å². The number of halogens is 2. The van der Waals surface area contributed by atoms with Crippen molar-refractivity contribution in [2.75, 3.05) is 5.88 Å². The zero-order valence-electron chi connectivity index (χ0n) is 11.0. The molecule has 2 nitrogen and oxygen atoms in total. The van der Waals surface area contributed by atoms with Crippen LogP contribution in [0.25, 0.3) is 0 Å². The molecule has 1 aromatic rings. The quantitative estimate of drug-likeness (QED) is 0.814. The molecule has 1 unspecified atom stereocenters. The zero-order valence-corrected chi connectivity index (χ0v) is 11.8. The van der Waals surface area contributed by atoms with Crippen LogP contribution in [0.2, 0.25) is 0 Å². The Morgan fingerprint density at radius 3 is 2.72 bits per heavy atom. The Morgan fingerprint density at radius 2 is 2.17 bits per heavy atom. The fraction of sp³-hybridized carbons (Fsp3) is 0.500. The molecular weight excluding hydrogens is 253 g/mol. The van der Waals surface area contributed by atoms with Gasteiger partial charge in [0.15, 0.2) is 0 Å². The molecule has 0 aromatic heterocycles. The number of carbonyl (C=O) groups is 1. The highest BCUT2D eigenvalue weighted by atomic mass is 35.5. The summed E-state index contributed by atoms with van der Waals surface area (Å²) in [6, 6.07) is 4.22. The first-order valence-electron chi connectivity index (χ1n) is 6.06. The molecule has 1 amide bonds. The number of aryl methyl sites for hydroxylation is 1. The molecule has 0 heterocycles. The van der Waals surface area contributed by atoms with Crippen LogP contribution in [-0.4, -0.2) is 17.3 Å². The second kappa shape index (κ2) is 6.19. The lowest BCUT2D eigenvalue weighted by atomic mass is 9.94. The number of carbonyl (C=O) groups excluding carboxylic acids is 1. The summed E-state index contributed by atoms with van der Waals surface area (Å²) in [7, 11) is 0. The van der Waals surface area contributed by atoms with Crippen molar-refractivity contribution in [2.24, 2.45) is 0 Å². The van der Waals surface area contributed by atoms with Gasteiger partial charge >= 0.3 is 0 Å². The lowest BCUT2D eigenvalue weighted by Gasteiger charge is -2.29. The summed E-state index contributed by atoms with van der Waals surface area (Å²) >= 11 is 5.74. The zero-order chi connectivity index (χ0) is 13.8. The predicted octanol–water partition coefficient (Wildman–Crippen LogP) is 3.66.